The van der Waals surface area contributed by atoms with Crippen LogP contribution in [-0.4, -0.2) is 50.3 Å². The predicted octanol–water partition coefficient (Wildman–Crippen LogP) is 3.94. The molecule has 5 nitrogen and oxygen atoms in total. The Morgan fingerprint density at radius 1 is 1.28 bits per heavy atom. The summed E-state index contributed by atoms with van der Waals surface area (Å²) in [6, 6.07) is 9.73. The third-order valence-electron chi connectivity index (χ3n) is 4.81. The largest absolute Gasteiger partial charge is 0.379 e. The quantitative estimate of drug-likeness (QED) is 0.322. The Morgan fingerprint density at radius 3 is 2.72 bits per heavy atom. The van der Waals surface area contributed by atoms with E-state index in [0.29, 0.717) is 18.2 Å². The highest BCUT2D eigenvalue weighted by molar-refractivity contribution is 14.0. The molecule has 0 bridgehead atoms. The Morgan fingerprint density at radius 2 is 2.07 bits per heavy atom. The summed E-state index contributed by atoms with van der Waals surface area (Å²) in [5, 5.41) is 8.92. The third-order valence-corrected chi connectivity index (χ3v) is 5.78. The van der Waals surface area contributed by atoms with E-state index in [0.717, 1.165) is 50.9 Å². The molecule has 2 aromatic rings. The van der Waals surface area contributed by atoms with Gasteiger partial charge in [-0.2, -0.15) is 0 Å². The Balaban J connectivity index is 0.00000300. The van der Waals surface area contributed by atoms with Crippen molar-refractivity contribution < 1.29 is 9.13 Å². The SMILES string of the molecule is CCNC(=NCc1ccc(F)c(C)c1)NCC(c1cccs1)N1CCOCC1.I. The van der Waals surface area contributed by atoms with Gasteiger partial charge in [-0.15, -0.1) is 35.3 Å². The Kier molecular flexibility index (Phi) is 10.3. The average molecular weight is 532 g/mol. The van der Waals surface area contributed by atoms with Crippen LogP contribution in [0.25, 0.3) is 0 Å². The minimum atomic E-state index is -0.179. The first-order chi connectivity index (χ1) is 13.7. The minimum absolute atomic E-state index is 0. The lowest BCUT2D eigenvalue weighted by atomic mass is 10.1. The number of hydrogen-bond donors (Lipinski definition) is 2. The van der Waals surface area contributed by atoms with Crippen molar-refractivity contribution in [1.82, 2.24) is 15.5 Å². The first-order valence-electron chi connectivity index (χ1n) is 9.79. The number of nitrogens with one attached hydrogen (secondary N) is 2. The second-order valence-electron chi connectivity index (χ2n) is 6.84. The van der Waals surface area contributed by atoms with Gasteiger partial charge in [0.2, 0.25) is 0 Å². The Bertz CT molecular complexity index is 766. The molecule has 1 aliphatic rings. The Labute approximate surface area is 193 Å². The summed E-state index contributed by atoms with van der Waals surface area (Å²) in [6.45, 7) is 9.33. The van der Waals surface area contributed by atoms with E-state index in [2.05, 4.69) is 45.0 Å². The number of thiophene rings is 1. The van der Waals surface area contributed by atoms with Gasteiger partial charge in [0.25, 0.3) is 0 Å². The standard InChI is InChI=1S/C21H29FN4OS.HI/c1-3-23-21(24-14-17-6-7-18(22)16(2)13-17)25-15-19(20-5-4-12-28-20)26-8-10-27-11-9-26;/h4-7,12-13,19H,3,8-11,14-15H2,1-2H3,(H2,23,24,25);1H. The summed E-state index contributed by atoms with van der Waals surface area (Å²) in [4.78, 5) is 8.50. The molecule has 0 radical (unpaired) electrons. The molecule has 0 saturated carbocycles. The number of hydrogen-bond acceptors (Lipinski definition) is 4. The van der Waals surface area contributed by atoms with E-state index in [1.807, 2.05) is 6.07 Å². The van der Waals surface area contributed by atoms with Gasteiger partial charge >= 0.3 is 0 Å². The maximum absolute atomic E-state index is 13.5. The monoisotopic (exact) mass is 532 g/mol. The molecule has 1 unspecified atom stereocenters. The first kappa shape index (κ1) is 24.0. The summed E-state index contributed by atoms with van der Waals surface area (Å²) >= 11 is 1.78. The second kappa shape index (κ2) is 12.5. The van der Waals surface area contributed by atoms with Crippen molar-refractivity contribution in [2.45, 2.75) is 26.4 Å². The van der Waals surface area contributed by atoms with Gasteiger partial charge in [-0.05, 0) is 42.5 Å². The molecule has 29 heavy (non-hydrogen) atoms. The minimum Gasteiger partial charge on any atom is -0.379 e. The molecule has 2 N–H and O–H groups in total. The van der Waals surface area contributed by atoms with E-state index in [1.54, 1.807) is 24.3 Å². The van der Waals surface area contributed by atoms with Crippen LogP contribution >= 0.6 is 35.3 Å². The van der Waals surface area contributed by atoms with Gasteiger partial charge in [-0.1, -0.05) is 18.2 Å². The number of halogens is 2. The predicted molar refractivity (Wildman–Crippen MR) is 129 cm³/mol. The van der Waals surface area contributed by atoms with Crippen LogP contribution in [0.3, 0.4) is 0 Å². The van der Waals surface area contributed by atoms with E-state index >= 15 is 0 Å². The van der Waals surface area contributed by atoms with Gasteiger partial charge in [0.15, 0.2) is 5.96 Å². The highest BCUT2D eigenvalue weighted by atomic mass is 127. The molecule has 1 atom stereocenters. The van der Waals surface area contributed by atoms with Crippen LogP contribution in [0, 0.1) is 12.7 Å². The zero-order valence-electron chi connectivity index (χ0n) is 17.0. The van der Waals surface area contributed by atoms with Crippen molar-refractivity contribution in [2.75, 3.05) is 39.4 Å². The van der Waals surface area contributed by atoms with Crippen molar-refractivity contribution in [3.8, 4) is 0 Å². The maximum Gasteiger partial charge on any atom is 0.191 e. The fourth-order valence-electron chi connectivity index (χ4n) is 3.29. The molecule has 1 saturated heterocycles. The molecular formula is C21H30FIN4OS. The van der Waals surface area contributed by atoms with E-state index in [9.17, 15) is 4.39 Å². The number of benzene rings is 1. The summed E-state index contributed by atoms with van der Waals surface area (Å²) in [6.07, 6.45) is 0. The lowest BCUT2D eigenvalue weighted by Crippen LogP contribution is -2.46. The number of guanidine groups is 1. The second-order valence-corrected chi connectivity index (χ2v) is 7.82. The highest BCUT2D eigenvalue weighted by Crippen LogP contribution is 2.25. The molecule has 3 rings (SSSR count). The fraction of sp³-hybridized carbons (Fsp3) is 0.476. The summed E-state index contributed by atoms with van der Waals surface area (Å²) in [5.41, 5.74) is 1.65. The van der Waals surface area contributed by atoms with Crippen LogP contribution in [0.5, 0.6) is 0 Å². The van der Waals surface area contributed by atoms with Gasteiger partial charge in [-0.3, -0.25) is 4.90 Å². The molecule has 0 amide bonds. The third kappa shape index (κ3) is 7.20. The van der Waals surface area contributed by atoms with Gasteiger partial charge in [-0.25, -0.2) is 9.38 Å². The van der Waals surface area contributed by atoms with E-state index in [4.69, 9.17) is 4.74 Å². The van der Waals surface area contributed by atoms with Crippen LogP contribution in [0.4, 0.5) is 4.39 Å². The number of aliphatic imine (C=N–C) groups is 1. The Hall–Kier alpha value is -1.23. The van der Waals surface area contributed by atoms with Gasteiger partial charge in [0.05, 0.1) is 25.8 Å². The van der Waals surface area contributed by atoms with Crippen molar-refractivity contribution >= 4 is 41.3 Å². The van der Waals surface area contributed by atoms with E-state index in [1.165, 1.54) is 10.9 Å². The first-order valence-corrected chi connectivity index (χ1v) is 10.7. The van der Waals surface area contributed by atoms with Crippen LogP contribution < -0.4 is 10.6 Å². The highest BCUT2D eigenvalue weighted by Gasteiger charge is 2.23. The normalized spacial score (nSPS) is 16.2. The van der Waals surface area contributed by atoms with Crippen LogP contribution in [-0.2, 0) is 11.3 Å². The topological polar surface area (TPSA) is 48.9 Å². The van der Waals surface area contributed by atoms with Gasteiger partial charge in [0.1, 0.15) is 5.82 Å². The van der Waals surface area contributed by atoms with Gasteiger partial charge < -0.3 is 15.4 Å². The van der Waals surface area contributed by atoms with Crippen molar-refractivity contribution in [1.29, 1.82) is 0 Å². The zero-order valence-corrected chi connectivity index (χ0v) is 20.1. The van der Waals surface area contributed by atoms with Crippen LogP contribution in [0.2, 0.25) is 0 Å². The lowest BCUT2D eigenvalue weighted by Gasteiger charge is -2.34. The van der Waals surface area contributed by atoms with Gasteiger partial charge in [0, 0.05) is 31.1 Å². The molecule has 0 aliphatic carbocycles. The number of nitrogens with zero attached hydrogens (tertiary/aromatic N) is 2. The smallest absolute Gasteiger partial charge is 0.191 e. The molecule has 1 fully saturated rings. The number of rotatable bonds is 7. The molecule has 0 spiro atoms. The fourth-order valence-corrected chi connectivity index (χ4v) is 4.15. The molecule has 1 aliphatic heterocycles. The lowest BCUT2D eigenvalue weighted by molar-refractivity contribution is 0.0177. The van der Waals surface area contributed by atoms with Crippen LogP contribution in [0.15, 0.2) is 40.7 Å². The summed E-state index contributed by atoms with van der Waals surface area (Å²) in [7, 11) is 0. The molecular weight excluding hydrogens is 502 g/mol. The molecule has 1 aromatic heterocycles. The zero-order chi connectivity index (χ0) is 19.8. The van der Waals surface area contributed by atoms with Crippen molar-refractivity contribution in [2.24, 2.45) is 4.99 Å². The number of aryl methyl sites for hydroxylation is 1. The number of morpholine rings is 1. The molecule has 1 aromatic carbocycles. The average Bonchev–Trinajstić information content (AvgIpc) is 3.24. The molecule has 2 heterocycles. The maximum atomic E-state index is 13.5. The molecule has 160 valence electrons. The van der Waals surface area contributed by atoms with Crippen LogP contribution in [0.1, 0.15) is 29.0 Å². The van der Waals surface area contributed by atoms with E-state index in [-0.39, 0.29) is 29.8 Å². The molecule has 8 heteroatoms. The summed E-state index contributed by atoms with van der Waals surface area (Å²) in [5.74, 6) is 0.598. The van der Waals surface area contributed by atoms with Crippen molar-refractivity contribution in [3.63, 3.8) is 0 Å². The summed E-state index contributed by atoms with van der Waals surface area (Å²) < 4.78 is 19.0. The number of ether oxygens (including phenoxy) is 1. The van der Waals surface area contributed by atoms with E-state index < -0.39 is 0 Å². The van der Waals surface area contributed by atoms with Crippen molar-refractivity contribution in [3.05, 3.63) is 57.5 Å².